The van der Waals surface area contributed by atoms with Crippen molar-refractivity contribution in [3.63, 3.8) is 0 Å². The molecule has 0 saturated carbocycles. The highest BCUT2D eigenvalue weighted by molar-refractivity contribution is 7.10. The fourth-order valence-electron chi connectivity index (χ4n) is 3.21. The van der Waals surface area contributed by atoms with Gasteiger partial charge in [0, 0.05) is 17.0 Å². The standard InChI is InChI=1S/C13H17NO2S/c15-11-6-9-3-4-10(7-11)14(9)13(16)8-12-2-1-5-17-12/h1-2,5,9-11,15H,3-4,6-8H2. The summed E-state index contributed by atoms with van der Waals surface area (Å²) in [5, 5.41) is 11.7. The van der Waals surface area contributed by atoms with Crippen LogP contribution in [-0.2, 0) is 11.2 Å². The van der Waals surface area contributed by atoms with Crippen LogP contribution in [0.1, 0.15) is 30.6 Å². The first kappa shape index (κ1) is 11.2. The van der Waals surface area contributed by atoms with E-state index in [4.69, 9.17) is 0 Å². The lowest BCUT2D eigenvalue weighted by atomic mass is 9.99. The summed E-state index contributed by atoms with van der Waals surface area (Å²) in [6.07, 6.45) is 4.01. The number of aliphatic hydroxyl groups excluding tert-OH is 1. The van der Waals surface area contributed by atoms with Crippen LogP contribution in [0.5, 0.6) is 0 Å². The first-order valence-electron chi connectivity index (χ1n) is 6.25. The lowest BCUT2D eigenvalue weighted by Crippen LogP contribution is -2.48. The molecule has 0 aromatic carbocycles. The van der Waals surface area contributed by atoms with Crippen molar-refractivity contribution in [1.29, 1.82) is 0 Å². The summed E-state index contributed by atoms with van der Waals surface area (Å²) >= 11 is 1.64. The third kappa shape index (κ3) is 2.11. The molecule has 2 aliphatic heterocycles. The number of carbonyl (C=O) groups is 1. The highest BCUT2D eigenvalue weighted by Gasteiger charge is 2.42. The molecule has 1 N–H and O–H groups in total. The molecule has 4 heteroatoms. The van der Waals surface area contributed by atoms with Crippen molar-refractivity contribution < 1.29 is 9.90 Å². The molecule has 1 amide bonds. The Morgan fingerprint density at radius 2 is 2.12 bits per heavy atom. The fourth-order valence-corrected chi connectivity index (χ4v) is 3.90. The number of rotatable bonds is 2. The summed E-state index contributed by atoms with van der Waals surface area (Å²) in [6.45, 7) is 0. The maximum absolute atomic E-state index is 12.3. The van der Waals surface area contributed by atoms with E-state index in [0.29, 0.717) is 6.42 Å². The Kier molecular flexibility index (Phi) is 2.92. The van der Waals surface area contributed by atoms with Gasteiger partial charge in [0.05, 0.1) is 12.5 Å². The molecule has 92 valence electrons. The zero-order valence-electron chi connectivity index (χ0n) is 9.71. The minimum absolute atomic E-state index is 0.196. The second-order valence-corrected chi connectivity index (χ2v) is 6.10. The minimum atomic E-state index is -0.196. The smallest absolute Gasteiger partial charge is 0.228 e. The normalized spacial score (nSPS) is 31.8. The lowest BCUT2D eigenvalue weighted by Gasteiger charge is -2.37. The molecule has 17 heavy (non-hydrogen) atoms. The molecule has 2 fully saturated rings. The van der Waals surface area contributed by atoms with Crippen LogP contribution in [0.4, 0.5) is 0 Å². The van der Waals surface area contributed by atoms with Gasteiger partial charge >= 0.3 is 0 Å². The highest BCUT2D eigenvalue weighted by atomic mass is 32.1. The van der Waals surface area contributed by atoms with E-state index in [1.54, 1.807) is 11.3 Å². The number of piperidine rings is 1. The zero-order valence-corrected chi connectivity index (χ0v) is 10.5. The number of carbonyl (C=O) groups excluding carboxylic acids is 1. The van der Waals surface area contributed by atoms with Crippen LogP contribution < -0.4 is 0 Å². The van der Waals surface area contributed by atoms with Crippen LogP contribution in [0.25, 0.3) is 0 Å². The summed E-state index contributed by atoms with van der Waals surface area (Å²) in [5.41, 5.74) is 0. The summed E-state index contributed by atoms with van der Waals surface area (Å²) in [5.74, 6) is 0.242. The van der Waals surface area contributed by atoms with Gasteiger partial charge in [0.1, 0.15) is 0 Å². The van der Waals surface area contributed by atoms with E-state index in [1.165, 1.54) is 0 Å². The largest absolute Gasteiger partial charge is 0.393 e. The molecule has 2 saturated heterocycles. The van der Waals surface area contributed by atoms with Crippen LogP contribution in [0, 0.1) is 0 Å². The van der Waals surface area contributed by atoms with E-state index in [-0.39, 0.29) is 24.1 Å². The van der Waals surface area contributed by atoms with Crippen LogP contribution >= 0.6 is 11.3 Å². The summed E-state index contributed by atoms with van der Waals surface area (Å²) in [4.78, 5) is 15.5. The lowest BCUT2D eigenvalue weighted by molar-refractivity contribution is -0.136. The van der Waals surface area contributed by atoms with E-state index >= 15 is 0 Å². The van der Waals surface area contributed by atoms with Crippen molar-refractivity contribution in [2.45, 2.75) is 50.3 Å². The number of aliphatic hydroxyl groups is 1. The predicted molar refractivity (Wildman–Crippen MR) is 66.9 cm³/mol. The number of amides is 1. The molecule has 0 spiro atoms. The van der Waals surface area contributed by atoms with Gasteiger partial charge < -0.3 is 10.0 Å². The summed E-state index contributed by atoms with van der Waals surface area (Å²) < 4.78 is 0. The first-order valence-corrected chi connectivity index (χ1v) is 7.13. The maximum atomic E-state index is 12.3. The van der Waals surface area contributed by atoms with Crippen LogP contribution in [-0.4, -0.2) is 34.1 Å². The van der Waals surface area contributed by atoms with Gasteiger partial charge in [0.15, 0.2) is 0 Å². The summed E-state index contributed by atoms with van der Waals surface area (Å²) in [6, 6.07) is 4.58. The Labute approximate surface area is 105 Å². The Hall–Kier alpha value is -0.870. The molecule has 2 aliphatic rings. The highest BCUT2D eigenvalue weighted by Crippen LogP contribution is 2.36. The van der Waals surface area contributed by atoms with Gasteiger partial charge in [-0.3, -0.25) is 4.79 Å². The van der Waals surface area contributed by atoms with E-state index < -0.39 is 0 Å². The monoisotopic (exact) mass is 251 g/mol. The molecule has 0 radical (unpaired) electrons. The second kappa shape index (κ2) is 4.42. The Morgan fingerprint density at radius 1 is 1.41 bits per heavy atom. The fraction of sp³-hybridized carbons (Fsp3) is 0.615. The van der Waals surface area contributed by atoms with Crippen LogP contribution in [0.15, 0.2) is 17.5 Å². The quantitative estimate of drug-likeness (QED) is 0.871. The van der Waals surface area contributed by atoms with Gasteiger partial charge in [-0.2, -0.15) is 0 Å². The van der Waals surface area contributed by atoms with Crippen LogP contribution in [0.3, 0.4) is 0 Å². The SMILES string of the molecule is O=C(Cc1cccs1)N1C2CCC1CC(O)C2. The Bertz CT molecular complexity index is 390. The van der Waals surface area contributed by atoms with E-state index in [0.717, 1.165) is 30.6 Å². The molecule has 0 aliphatic carbocycles. The third-order valence-corrected chi connectivity index (χ3v) is 4.78. The van der Waals surface area contributed by atoms with Crippen LogP contribution in [0.2, 0.25) is 0 Å². The van der Waals surface area contributed by atoms with E-state index in [2.05, 4.69) is 0 Å². The number of fused-ring (bicyclic) bond motifs is 2. The number of hydrogen-bond acceptors (Lipinski definition) is 3. The Balaban J connectivity index is 1.70. The molecule has 3 nitrogen and oxygen atoms in total. The number of hydrogen-bond donors (Lipinski definition) is 1. The van der Waals surface area contributed by atoms with Crippen molar-refractivity contribution in [2.75, 3.05) is 0 Å². The molecule has 1 aromatic heterocycles. The van der Waals surface area contributed by atoms with Crippen molar-refractivity contribution >= 4 is 17.2 Å². The van der Waals surface area contributed by atoms with Gasteiger partial charge in [0.2, 0.25) is 5.91 Å². The maximum Gasteiger partial charge on any atom is 0.228 e. The van der Waals surface area contributed by atoms with Gasteiger partial charge in [0.25, 0.3) is 0 Å². The zero-order chi connectivity index (χ0) is 11.8. The molecule has 2 unspecified atom stereocenters. The molecule has 3 heterocycles. The average molecular weight is 251 g/mol. The molecular formula is C13H17NO2S. The van der Waals surface area contributed by atoms with E-state index in [9.17, 15) is 9.90 Å². The van der Waals surface area contributed by atoms with Crippen molar-refractivity contribution in [2.24, 2.45) is 0 Å². The van der Waals surface area contributed by atoms with Crippen molar-refractivity contribution in [1.82, 2.24) is 4.90 Å². The van der Waals surface area contributed by atoms with Crippen molar-refractivity contribution in [3.8, 4) is 0 Å². The minimum Gasteiger partial charge on any atom is -0.393 e. The van der Waals surface area contributed by atoms with Gasteiger partial charge in [-0.1, -0.05) is 6.07 Å². The van der Waals surface area contributed by atoms with Crippen molar-refractivity contribution in [3.05, 3.63) is 22.4 Å². The molecule has 2 atom stereocenters. The number of nitrogens with zero attached hydrogens (tertiary/aromatic N) is 1. The third-order valence-electron chi connectivity index (χ3n) is 3.90. The molecule has 2 bridgehead atoms. The summed E-state index contributed by atoms with van der Waals surface area (Å²) in [7, 11) is 0. The van der Waals surface area contributed by atoms with E-state index in [1.807, 2.05) is 22.4 Å². The second-order valence-electron chi connectivity index (χ2n) is 5.07. The predicted octanol–water partition coefficient (Wildman–Crippen LogP) is 1.80. The molecular weight excluding hydrogens is 234 g/mol. The first-order chi connectivity index (χ1) is 8.24. The topological polar surface area (TPSA) is 40.5 Å². The molecule has 1 aromatic rings. The van der Waals surface area contributed by atoms with Gasteiger partial charge in [-0.25, -0.2) is 0 Å². The van der Waals surface area contributed by atoms with Gasteiger partial charge in [-0.05, 0) is 37.1 Å². The number of thiophene rings is 1. The van der Waals surface area contributed by atoms with Gasteiger partial charge in [-0.15, -0.1) is 11.3 Å². The average Bonchev–Trinajstić information content (AvgIpc) is 2.86. The Morgan fingerprint density at radius 3 is 2.71 bits per heavy atom. The molecule has 3 rings (SSSR count).